The highest BCUT2D eigenvalue weighted by Crippen LogP contribution is 1.81. The standard InChI is InChI=1S/C3H7NO3/c1-3(7-4)6-2-5/h2-3H,4H2,1H3. The topological polar surface area (TPSA) is 61.6 Å². The molecule has 0 aliphatic rings. The zero-order valence-corrected chi connectivity index (χ0v) is 3.96. The summed E-state index contributed by atoms with van der Waals surface area (Å²) in [6, 6.07) is 0. The first-order chi connectivity index (χ1) is 3.31. The summed E-state index contributed by atoms with van der Waals surface area (Å²) >= 11 is 0. The molecule has 0 spiro atoms. The zero-order valence-electron chi connectivity index (χ0n) is 3.96. The maximum absolute atomic E-state index is 9.42. The van der Waals surface area contributed by atoms with Crippen molar-refractivity contribution in [3.8, 4) is 0 Å². The summed E-state index contributed by atoms with van der Waals surface area (Å²) in [6.45, 7) is 1.78. The van der Waals surface area contributed by atoms with E-state index in [2.05, 4.69) is 15.5 Å². The second-order valence-corrected chi connectivity index (χ2v) is 0.936. The van der Waals surface area contributed by atoms with Gasteiger partial charge in [-0.3, -0.25) is 9.63 Å². The van der Waals surface area contributed by atoms with Crippen molar-refractivity contribution < 1.29 is 14.4 Å². The minimum Gasteiger partial charge on any atom is -0.437 e. The Labute approximate surface area is 41.2 Å². The van der Waals surface area contributed by atoms with Gasteiger partial charge in [0, 0.05) is 0 Å². The summed E-state index contributed by atoms with van der Waals surface area (Å²) in [5.74, 6) is 4.57. The number of ether oxygens (including phenoxy) is 1. The number of hydrogen-bond donors (Lipinski definition) is 1. The van der Waals surface area contributed by atoms with Gasteiger partial charge in [0.1, 0.15) is 0 Å². The quantitative estimate of drug-likeness (QED) is 0.295. The highest BCUT2D eigenvalue weighted by molar-refractivity contribution is 5.36. The molecule has 0 aromatic heterocycles. The molecule has 0 bridgehead atoms. The Morgan fingerprint density at radius 2 is 2.43 bits per heavy atom. The lowest BCUT2D eigenvalue weighted by Crippen LogP contribution is -2.15. The Hall–Kier alpha value is -0.610. The van der Waals surface area contributed by atoms with E-state index in [0.29, 0.717) is 0 Å². The van der Waals surface area contributed by atoms with Crippen LogP contribution in [0.25, 0.3) is 0 Å². The lowest BCUT2D eigenvalue weighted by molar-refractivity contribution is -0.160. The van der Waals surface area contributed by atoms with E-state index < -0.39 is 6.29 Å². The van der Waals surface area contributed by atoms with Crippen LogP contribution in [0.3, 0.4) is 0 Å². The van der Waals surface area contributed by atoms with Gasteiger partial charge >= 0.3 is 0 Å². The van der Waals surface area contributed by atoms with Crippen LogP contribution in [0.2, 0.25) is 0 Å². The van der Waals surface area contributed by atoms with Gasteiger partial charge in [-0.25, -0.2) is 5.90 Å². The van der Waals surface area contributed by atoms with Crippen molar-refractivity contribution in [2.75, 3.05) is 0 Å². The molecule has 1 atom stereocenters. The third-order valence-electron chi connectivity index (χ3n) is 0.439. The van der Waals surface area contributed by atoms with Crippen LogP contribution in [-0.2, 0) is 14.4 Å². The van der Waals surface area contributed by atoms with E-state index in [1.54, 1.807) is 0 Å². The van der Waals surface area contributed by atoms with Crippen molar-refractivity contribution in [2.24, 2.45) is 5.90 Å². The molecular formula is C3H7NO3. The summed E-state index contributed by atoms with van der Waals surface area (Å²) in [5, 5.41) is 0. The fourth-order valence-corrected chi connectivity index (χ4v) is 0.110. The van der Waals surface area contributed by atoms with Gasteiger partial charge < -0.3 is 4.74 Å². The molecule has 4 heteroatoms. The minimum atomic E-state index is -0.641. The van der Waals surface area contributed by atoms with Crippen molar-refractivity contribution in [2.45, 2.75) is 13.2 Å². The van der Waals surface area contributed by atoms with E-state index >= 15 is 0 Å². The highest BCUT2D eigenvalue weighted by atomic mass is 16.8. The molecule has 0 heterocycles. The number of hydrogen-bond acceptors (Lipinski definition) is 4. The second-order valence-electron chi connectivity index (χ2n) is 0.936. The molecule has 4 nitrogen and oxygen atoms in total. The van der Waals surface area contributed by atoms with Gasteiger partial charge in [0.15, 0.2) is 0 Å². The van der Waals surface area contributed by atoms with Crippen molar-refractivity contribution in [3.05, 3.63) is 0 Å². The predicted molar refractivity (Wildman–Crippen MR) is 21.9 cm³/mol. The lowest BCUT2D eigenvalue weighted by Gasteiger charge is -2.02. The molecule has 42 valence electrons. The molecule has 7 heavy (non-hydrogen) atoms. The van der Waals surface area contributed by atoms with Crippen LogP contribution in [0.1, 0.15) is 6.92 Å². The van der Waals surface area contributed by atoms with Crippen LogP contribution in [0.5, 0.6) is 0 Å². The maximum Gasteiger partial charge on any atom is 0.295 e. The van der Waals surface area contributed by atoms with Gasteiger partial charge in [0.25, 0.3) is 6.47 Å². The first-order valence-corrected chi connectivity index (χ1v) is 1.76. The summed E-state index contributed by atoms with van der Waals surface area (Å²) < 4.78 is 4.16. The molecule has 2 N–H and O–H groups in total. The second kappa shape index (κ2) is 3.58. The average Bonchev–Trinajstić information content (AvgIpc) is 1.68. The van der Waals surface area contributed by atoms with Crippen LogP contribution in [0.15, 0.2) is 0 Å². The van der Waals surface area contributed by atoms with Crippen molar-refractivity contribution in [1.82, 2.24) is 0 Å². The number of rotatable bonds is 3. The van der Waals surface area contributed by atoms with E-state index in [1.807, 2.05) is 0 Å². The predicted octanol–water partition coefficient (Wildman–Crippen LogP) is -0.604. The van der Waals surface area contributed by atoms with E-state index in [4.69, 9.17) is 0 Å². The molecule has 0 aliphatic heterocycles. The molecule has 0 aromatic rings. The monoisotopic (exact) mass is 105 g/mol. The maximum atomic E-state index is 9.42. The van der Waals surface area contributed by atoms with E-state index in [1.165, 1.54) is 6.92 Å². The highest BCUT2D eigenvalue weighted by Gasteiger charge is 1.93. The number of nitrogens with two attached hydrogens (primary N) is 1. The van der Waals surface area contributed by atoms with Crippen LogP contribution >= 0.6 is 0 Å². The molecular weight excluding hydrogens is 98.0 g/mol. The summed E-state index contributed by atoms with van der Waals surface area (Å²) in [6.07, 6.45) is -0.641. The molecule has 1 unspecified atom stereocenters. The van der Waals surface area contributed by atoms with Crippen molar-refractivity contribution >= 4 is 6.47 Å². The summed E-state index contributed by atoms with van der Waals surface area (Å²) in [7, 11) is 0. The lowest BCUT2D eigenvalue weighted by atomic mass is 10.8. The normalized spacial score (nSPS) is 12.9. The number of carbonyl (C=O) groups excluding carboxylic acids is 1. The summed E-state index contributed by atoms with van der Waals surface area (Å²) in [5.41, 5.74) is 0. The van der Waals surface area contributed by atoms with Gasteiger partial charge in [-0.15, -0.1) is 0 Å². The molecule has 0 saturated carbocycles. The Balaban J connectivity index is 2.98. The SMILES string of the molecule is CC(ON)OC=O. The summed E-state index contributed by atoms with van der Waals surface area (Å²) in [4.78, 5) is 13.5. The van der Waals surface area contributed by atoms with Crippen LogP contribution < -0.4 is 5.90 Å². The van der Waals surface area contributed by atoms with Crippen molar-refractivity contribution in [3.63, 3.8) is 0 Å². The third kappa shape index (κ3) is 3.21. The van der Waals surface area contributed by atoms with Crippen LogP contribution in [0, 0.1) is 0 Å². The Bertz CT molecular complexity index is 56.1. The van der Waals surface area contributed by atoms with Gasteiger partial charge in [-0.1, -0.05) is 0 Å². The fraction of sp³-hybridized carbons (Fsp3) is 0.667. The first-order valence-electron chi connectivity index (χ1n) is 1.76. The van der Waals surface area contributed by atoms with E-state index in [-0.39, 0.29) is 6.47 Å². The zero-order chi connectivity index (χ0) is 5.70. The Morgan fingerprint density at radius 3 is 2.57 bits per heavy atom. The first kappa shape index (κ1) is 6.39. The van der Waals surface area contributed by atoms with E-state index in [9.17, 15) is 4.79 Å². The van der Waals surface area contributed by atoms with Crippen molar-refractivity contribution in [1.29, 1.82) is 0 Å². The molecule has 0 radical (unpaired) electrons. The van der Waals surface area contributed by atoms with Gasteiger partial charge in [0.05, 0.1) is 0 Å². The largest absolute Gasteiger partial charge is 0.437 e. The smallest absolute Gasteiger partial charge is 0.295 e. The molecule has 0 saturated heterocycles. The van der Waals surface area contributed by atoms with E-state index in [0.717, 1.165) is 0 Å². The third-order valence-corrected chi connectivity index (χ3v) is 0.439. The Morgan fingerprint density at radius 1 is 1.86 bits per heavy atom. The molecule has 0 amide bonds. The molecule has 0 aromatic carbocycles. The minimum absolute atomic E-state index is 0.275. The molecule has 0 fully saturated rings. The molecule has 0 rings (SSSR count). The van der Waals surface area contributed by atoms with Gasteiger partial charge in [-0.05, 0) is 6.92 Å². The van der Waals surface area contributed by atoms with Gasteiger partial charge in [0.2, 0.25) is 6.29 Å². The molecule has 0 aliphatic carbocycles. The number of carbonyl (C=O) groups is 1. The van der Waals surface area contributed by atoms with Crippen LogP contribution in [0.4, 0.5) is 0 Å². The Kier molecular flexibility index (Phi) is 3.26. The average molecular weight is 105 g/mol. The van der Waals surface area contributed by atoms with Gasteiger partial charge in [-0.2, -0.15) is 0 Å². The fourth-order valence-electron chi connectivity index (χ4n) is 0.110. The van der Waals surface area contributed by atoms with Crippen LogP contribution in [-0.4, -0.2) is 12.8 Å².